The standard InChI is InChI=1S/C17H17ClN2O2/c1-11-2-5-14(18)9-15(11)20-17(21)13-6-7-19-16(8-13)22-10-12-3-4-12/h2,5-9,12H,3-4,10H2,1H3,(H,20,21). The van der Waals surface area contributed by atoms with Gasteiger partial charge >= 0.3 is 0 Å². The van der Waals surface area contributed by atoms with Gasteiger partial charge in [0.2, 0.25) is 5.88 Å². The van der Waals surface area contributed by atoms with E-state index in [4.69, 9.17) is 16.3 Å². The van der Waals surface area contributed by atoms with Gasteiger partial charge in [-0.25, -0.2) is 4.98 Å². The van der Waals surface area contributed by atoms with Crippen LogP contribution in [-0.4, -0.2) is 17.5 Å². The molecular weight excluding hydrogens is 300 g/mol. The minimum atomic E-state index is -0.205. The minimum absolute atomic E-state index is 0.205. The molecule has 22 heavy (non-hydrogen) atoms. The average Bonchev–Trinajstić information content (AvgIpc) is 3.33. The molecule has 1 amide bonds. The highest BCUT2D eigenvalue weighted by Gasteiger charge is 2.22. The molecule has 1 N–H and O–H groups in total. The summed E-state index contributed by atoms with van der Waals surface area (Å²) in [6.45, 7) is 2.59. The van der Waals surface area contributed by atoms with Crippen molar-refractivity contribution in [1.82, 2.24) is 4.98 Å². The average molecular weight is 317 g/mol. The number of aryl methyl sites for hydroxylation is 1. The molecule has 0 atom stereocenters. The topological polar surface area (TPSA) is 51.2 Å². The van der Waals surface area contributed by atoms with Crippen molar-refractivity contribution in [2.75, 3.05) is 11.9 Å². The highest BCUT2D eigenvalue weighted by Crippen LogP contribution is 2.29. The molecule has 0 unspecified atom stereocenters. The molecule has 1 saturated carbocycles. The highest BCUT2D eigenvalue weighted by molar-refractivity contribution is 6.31. The first-order chi connectivity index (χ1) is 10.6. The lowest BCUT2D eigenvalue weighted by Crippen LogP contribution is -2.13. The molecule has 0 aliphatic heterocycles. The van der Waals surface area contributed by atoms with Gasteiger partial charge in [-0.2, -0.15) is 0 Å². The summed E-state index contributed by atoms with van der Waals surface area (Å²) in [6, 6.07) is 8.73. The third-order valence-corrected chi connectivity index (χ3v) is 3.84. The number of ether oxygens (including phenoxy) is 1. The fraction of sp³-hybridized carbons (Fsp3) is 0.294. The summed E-state index contributed by atoms with van der Waals surface area (Å²) >= 11 is 5.97. The number of hydrogen-bond donors (Lipinski definition) is 1. The van der Waals surface area contributed by atoms with Crippen LogP contribution in [0, 0.1) is 12.8 Å². The number of rotatable bonds is 5. The molecule has 0 saturated heterocycles. The number of pyridine rings is 1. The van der Waals surface area contributed by atoms with Crippen LogP contribution < -0.4 is 10.1 Å². The van der Waals surface area contributed by atoms with Crippen molar-refractivity contribution in [2.24, 2.45) is 5.92 Å². The summed E-state index contributed by atoms with van der Waals surface area (Å²) in [5.74, 6) is 0.930. The van der Waals surface area contributed by atoms with Gasteiger partial charge in [0.1, 0.15) is 0 Å². The number of nitrogens with zero attached hydrogens (tertiary/aromatic N) is 1. The molecule has 0 bridgehead atoms. The SMILES string of the molecule is Cc1ccc(Cl)cc1NC(=O)c1ccnc(OCC2CC2)c1. The molecule has 0 spiro atoms. The van der Waals surface area contributed by atoms with E-state index in [0.717, 1.165) is 5.56 Å². The highest BCUT2D eigenvalue weighted by atomic mass is 35.5. The zero-order valence-corrected chi connectivity index (χ0v) is 13.1. The molecule has 0 radical (unpaired) electrons. The van der Waals surface area contributed by atoms with Crippen LogP contribution in [0.25, 0.3) is 0 Å². The molecule has 1 fully saturated rings. The van der Waals surface area contributed by atoms with Crippen molar-refractivity contribution in [2.45, 2.75) is 19.8 Å². The van der Waals surface area contributed by atoms with Gasteiger partial charge in [-0.1, -0.05) is 17.7 Å². The second-order valence-electron chi connectivity index (χ2n) is 5.55. The maximum absolute atomic E-state index is 12.3. The molecule has 1 aromatic heterocycles. The van der Waals surface area contributed by atoms with Crippen LogP contribution in [0.3, 0.4) is 0 Å². The molecule has 1 heterocycles. The Labute approximate surface area is 134 Å². The van der Waals surface area contributed by atoms with Crippen LogP contribution in [0.1, 0.15) is 28.8 Å². The summed E-state index contributed by atoms with van der Waals surface area (Å²) in [5.41, 5.74) is 2.17. The van der Waals surface area contributed by atoms with Gasteiger partial charge in [-0.05, 0) is 49.4 Å². The Kier molecular flexibility index (Phi) is 4.29. The van der Waals surface area contributed by atoms with Crippen molar-refractivity contribution in [3.8, 4) is 5.88 Å². The molecule has 3 rings (SSSR count). The Hall–Kier alpha value is -2.07. The Morgan fingerprint density at radius 3 is 2.95 bits per heavy atom. The molecule has 1 aromatic carbocycles. The van der Waals surface area contributed by atoms with E-state index in [-0.39, 0.29) is 5.91 Å². The number of carbonyl (C=O) groups excluding carboxylic acids is 1. The third kappa shape index (κ3) is 3.77. The van der Waals surface area contributed by atoms with Crippen LogP contribution in [-0.2, 0) is 0 Å². The first kappa shape index (κ1) is 14.9. The normalized spacial score (nSPS) is 13.7. The molecule has 1 aliphatic rings. The van der Waals surface area contributed by atoms with Crippen LogP contribution in [0.2, 0.25) is 5.02 Å². The Morgan fingerprint density at radius 2 is 2.18 bits per heavy atom. The molecular formula is C17H17ClN2O2. The summed E-state index contributed by atoms with van der Waals surface area (Å²) in [5, 5.41) is 3.45. The van der Waals surface area contributed by atoms with Gasteiger partial charge in [-0.15, -0.1) is 0 Å². The molecule has 4 nitrogen and oxygen atoms in total. The van der Waals surface area contributed by atoms with E-state index in [2.05, 4.69) is 10.3 Å². The Bertz CT molecular complexity index is 699. The van der Waals surface area contributed by atoms with Crippen molar-refractivity contribution in [3.05, 3.63) is 52.7 Å². The minimum Gasteiger partial charge on any atom is -0.477 e. The monoisotopic (exact) mass is 316 g/mol. The lowest BCUT2D eigenvalue weighted by molar-refractivity contribution is 0.102. The summed E-state index contributed by atoms with van der Waals surface area (Å²) in [7, 11) is 0. The van der Waals surface area contributed by atoms with Gasteiger partial charge < -0.3 is 10.1 Å². The predicted molar refractivity (Wildman–Crippen MR) is 86.6 cm³/mol. The number of carbonyl (C=O) groups is 1. The molecule has 2 aromatic rings. The quantitative estimate of drug-likeness (QED) is 0.904. The van der Waals surface area contributed by atoms with Crippen molar-refractivity contribution in [3.63, 3.8) is 0 Å². The second kappa shape index (κ2) is 6.36. The van der Waals surface area contributed by atoms with E-state index in [0.29, 0.717) is 34.7 Å². The van der Waals surface area contributed by atoms with E-state index in [1.165, 1.54) is 12.8 Å². The van der Waals surface area contributed by atoms with Crippen molar-refractivity contribution >= 4 is 23.2 Å². The van der Waals surface area contributed by atoms with Crippen molar-refractivity contribution < 1.29 is 9.53 Å². The largest absolute Gasteiger partial charge is 0.477 e. The summed E-state index contributed by atoms with van der Waals surface area (Å²) in [4.78, 5) is 16.5. The van der Waals surface area contributed by atoms with Gasteiger partial charge in [0, 0.05) is 28.5 Å². The van der Waals surface area contributed by atoms with E-state index in [1.54, 1.807) is 30.5 Å². The first-order valence-electron chi connectivity index (χ1n) is 7.28. The number of benzene rings is 1. The maximum Gasteiger partial charge on any atom is 0.255 e. The summed E-state index contributed by atoms with van der Waals surface area (Å²) in [6.07, 6.45) is 4.02. The van der Waals surface area contributed by atoms with E-state index in [1.807, 2.05) is 13.0 Å². The van der Waals surface area contributed by atoms with Gasteiger partial charge in [0.15, 0.2) is 0 Å². The first-order valence-corrected chi connectivity index (χ1v) is 7.66. The van der Waals surface area contributed by atoms with Gasteiger partial charge in [0.05, 0.1) is 6.61 Å². The maximum atomic E-state index is 12.3. The van der Waals surface area contributed by atoms with Crippen LogP contribution in [0.15, 0.2) is 36.5 Å². The van der Waals surface area contributed by atoms with E-state index in [9.17, 15) is 4.79 Å². The number of amides is 1. The number of halogens is 1. The molecule has 1 aliphatic carbocycles. The zero-order chi connectivity index (χ0) is 15.5. The number of aromatic nitrogens is 1. The van der Waals surface area contributed by atoms with Crippen molar-refractivity contribution in [1.29, 1.82) is 0 Å². The fourth-order valence-corrected chi connectivity index (χ4v) is 2.21. The van der Waals surface area contributed by atoms with E-state index < -0.39 is 0 Å². The van der Waals surface area contributed by atoms with E-state index >= 15 is 0 Å². The van der Waals surface area contributed by atoms with Crippen LogP contribution >= 0.6 is 11.6 Å². The second-order valence-corrected chi connectivity index (χ2v) is 5.99. The number of anilines is 1. The number of hydrogen-bond acceptors (Lipinski definition) is 3. The third-order valence-electron chi connectivity index (χ3n) is 3.61. The predicted octanol–water partition coefficient (Wildman–Crippen LogP) is 4.08. The Balaban J connectivity index is 1.70. The molecule has 5 heteroatoms. The Morgan fingerprint density at radius 1 is 1.36 bits per heavy atom. The zero-order valence-electron chi connectivity index (χ0n) is 12.3. The molecule has 114 valence electrons. The number of nitrogens with one attached hydrogen (secondary N) is 1. The van der Waals surface area contributed by atoms with Gasteiger partial charge in [0.25, 0.3) is 5.91 Å². The van der Waals surface area contributed by atoms with Gasteiger partial charge in [-0.3, -0.25) is 4.79 Å². The lowest BCUT2D eigenvalue weighted by atomic mass is 10.2. The summed E-state index contributed by atoms with van der Waals surface area (Å²) < 4.78 is 5.60. The fourth-order valence-electron chi connectivity index (χ4n) is 2.04. The van der Waals surface area contributed by atoms with Crippen LogP contribution in [0.5, 0.6) is 5.88 Å². The van der Waals surface area contributed by atoms with Crippen LogP contribution in [0.4, 0.5) is 5.69 Å². The lowest BCUT2D eigenvalue weighted by Gasteiger charge is -2.10. The smallest absolute Gasteiger partial charge is 0.255 e.